The van der Waals surface area contributed by atoms with Crippen LogP contribution in [0.1, 0.15) is 11.1 Å². The molecule has 0 aliphatic carbocycles. The predicted molar refractivity (Wildman–Crippen MR) is 98.8 cm³/mol. The standard InChI is InChI=1S/C21H26O6/c1-24-21-20(26-14-16-10-6-3-7-11-16)18(23)19(17(12-22)27-21)25-13-15-8-4-2-5-9-15/h2-11,17-23H,12-14H2,1H3/t17-,18+,19-,20+,21+/m1/s1. The minimum atomic E-state index is -1.01. The van der Waals surface area contributed by atoms with Crippen molar-refractivity contribution in [3.8, 4) is 0 Å². The first-order valence-electron chi connectivity index (χ1n) is 9.01. The van der Waals surface area contributed by atoms with E-state index in [0.717, 1.165) is 11.1 Å². The number of aliphatic hydroxyl groups is 2. The van der Waals surface area contributed by atoms with Crippen molar-refractivity contribution in [1.29, 1.82) is 0 Å². The lowest BCUT2D eigenvalue weighted by atomic mass is 9.98. The fourth-order valence-corrected chi connectivity index (χ4v) is 3.15. The molecule has 2 N–H and O–H groups in total. The van der Waals surface area contributed by atoms with Crippen LogP contribution in [0.3, 0.4) is 0 Å². The van der Waals surface area contributed by atoms with Crippen LogP contribution in [0.2, 0.25) is 0 Å². The average Bonchev–Trinajstić information content (AvgIpc) is 2.73. The molecule has 0 spiro atoms. The molecule has 0 radical (unpaired) electrons. The molecule has 6 heteroatoms. The first-order valence-corrected chi connectivity index (χ1v) is 9.01. The Morgan fingerprint density at radius 1 is 0.852 bits per heavy atom. The topological polar surface area (TPSA) is 77.4 Å². The lowest BCUT2D eigenvalue weighted by molar-refractivity contribution is -0.313. The van der Waals surface area contributed by atoms with Gasteiger partial charge >= 0.3 is 0 Å². The first-order chi connectivity index (χ1) is 13.2. The van der Waals surface area contributed by atoms with Crippen molar-refractivity contribution in [2.24, 2.45) is 0 Å². The third-order valence-corrected chi connectivity index (χ3v) is 4.60. The number of methoxy groups -OCH3 is 1. The highest BCUT2D eigenvalue weighted by Crippen LogP contribution is 2.27. The number of hydrogen-bond donors (Lipinski definition) is 2. The molecule has 1 saturated heterocycles. The van der Waals surface area contributed by atoms with Crippen LogP contribution in [0.15, 0.2) is 60.7 Å². The van der Waals surface area contributed by atoms with E-state index in [9.17, 15) is 10.2 Å². The summed E-state index contributed by atoms with van der Waals surface area (Å²) < 4.78 is 22.9. The number of hydrogen-bond acceptors (Lipinski definition) is 6. The zero-order valence-corrected chi connectivity index (χ0v) is 15.3. The highest BCUT2D eigenvalue weighted by molar-refractivity contribution is 5.14. The number of benzene rings is 2. The Morgan fingerprint density at radius 2 is 1.37 bits per heavy atom. The van der Waals surface area contributed by atoms with Gasteiger partial charge in [0.1, 0.15) is 24.4 Å². The van der Waals surface area contributed by atoms with Crippen molar-refractivity contribution in [1.82, 2.24) is 0 Å². The Kier molecular flexibility index (Phi) is 7.34. The van der Waals surface area contributed by atoms with Gasteiger partial charge in [-0.25, -0.2) is 0 Å². The molecule has 6 nitrogen and oxygen atoms in total. The van der Waals surface area contributed by atoms with Crippen LogP contribution in [0.4, 0.5) is 0 Å². The van der Waals surface area contributed by atoms with Crippen LogP contribution in [0.5, 0.6) is 0 Å². The zero-order chi connectivity index (χ0) is 19.1. The minimum absolute atomic E-state index is 0.290. The molecule has 1 aliphatic rings. The Bertz CT molecular complexity index is 607. The van der Waals surface area contributed by atoms with E-state index >= 15 is 0 Å². The van der Waals surface area contributed by atoms with Crippen LogP contribution < -0.4 is 0 Å². The average molecular weight is 374 g/mol. The summed E-state index contributed by atoms with van der Waals surface area (Å²) >= 11 is 0. The van der Waals surface area contributed by atoms with E-state index in [1.54, 1.807) is 0 Å². The molecule has 2 aromatic carbocycles. The van der Waals surface area contributed by atoms with E-state index in [2.05, 4.69) is 0 Å². The largest absolute Gasteiger partial charge is 0.394 e. The highest BCUT2D eigenvalue weighted by atomic mass is 16.7. The molecule has 3 rings (SSSR count). The number of aliphatic hydroxyl groups excluding tert-OH is 2. The summed E-state index contributed by atoms with van der Waals surface area (Å²) in [5, 5.41) is 20.5. The number of rotatable bonds is 8. The summed E-state index contributed by atoms with van der Waals surface area (Å²) in [5.41, 5.74) is 1.95. The summed E-state index contributed by atoms with van der Waals surface area (Å²) in [5.74, 6) is 0. The molecule has 0 amide bonds. The van der Waals surface area contributed by atoms with Crippen molar-refractivity contribution >= 4 is 0 Å². The van der Waals surface area contributed by atoms with Crippen LogP contribution in [-0.2, 0) is 32.2 Å². The van der Waals surface area contributed by atoms with Gasteiger partial charge in [0.2, 0.25) is 0 Å². The van der Waals surface area contributed by atoms with E-state index in [4.69, 9.17) is 18.9 Å². The third kappa shape index (κ3) is 5.13. The van der Waals surface area contributed by atoms with E-state index in [1.165, 1.54) is 7.11 Å². The molecule has 5 atom stereocenters. The maximum Gasteiger partial charge on any atom is 0.186 e. The molecule has 0 aromatic heterocycles. The van der Waals surface area contributed by atoms with E-state index in [0.29, 0.717) is 13.2 Å². The molecule has 0 bridgehead atoms. The fourth-order valence-electron chi connectivity index (χ4n) is 3.15. The molecule has 2 aromatic rings. The van der Waals surface area contributed by atoms with Crippen LogP contribution in [-0.4, -0.2) is 54.6 Å². The van der Waals surface area contributed by atoms with Gasteiger partial charge in [0.05, 0.1) is 19.8 Å². The van der Waals surface area contributed by atoms with E-state index < -0.39 is 30.7 Å². The van der Waals surface area contributed by atoms with Gasteiger partial charge in [-0.2, -0.15) is 0 Å². The van der Waals surface area contributed by atoms with Gasteiger partial charge in [0, 0.05) is 7.11 Å². The summed E-state index contributed by atoms with van der Waals surface area (Å²) in [7, 11) is 1.48. The maximum absolute atomic E-state index is 10.9. The predicted octanol–water partition coefficient (Wildman–Crippen LogP) is 1.88. The van der Waals surface area contributed by atoms with Gasteiger partial charge in [0.15, 0.2) is 6.29 Å². The van der Waals surface area contributed by atoms with Crippen molar-refractivity contribution in [3.63, 3.8) is 0 Å². The zero-order valence-electron chi connectivity index (χ0n) is 15.3. The first kappa shape index (κ1) is 19.9. The van der Waals surface area contributed by atoms with Crippen LogP contribution in [0, 0.1) is 0 Å². The van der Waals surface area contributed by atoms with Crippen LogP contribution >= 0.6 is 0 Å². The van der Waals surface area contributed by atoms with Gasteiger partial charge in [-0.3, -0.25) is 0 Å². The Balaban J connectivity index is 1.68. The normalized spacial score (nSPS) is 28.2. The molecule has 1 heterocycles. The molecular weight excluding hydrogens is 348 g/mol. The van der Waals surface area contributed by atoms with Gasteiger partial charge in [-0.15, -0.1) is 0 Å². The molecule has 146 valence electrons. The second kappa shape index (κ2) is 9.94. The second-order valence-corrected chi connectivity index (χ2v) is 6.47. The van der Waals surface area contributed by atoms with Crippen molar-refractivity contribution in [2.45, 2.75) is 43.9 Å². The summed E-state index contributed by atoms with van der Waals surface area (Å²) in [6.07, 6.45) is -3.97. The Labute approximate surface area is 159 Å². The monoisotopic (exact) mass is 374 g/mol. The maximum atomic E-state index is 10.9. The lowest BCUT2D eigenvalue weighted by Crippen LogP contribution is -2.60. The van der Waals surface area contributed by atoms with E-state index in [-0.39, 0.29) is 6.61 Å². The molecule has 0 unspecified atom stereocenters. The van der Waals surface area contributed by atoms with Gasteiger partial charge < -0.3 is 29.2 Å². The molecule has 0 saturated carbocycles. The SMILES string of the molecule is CO[C@H]1O[C@H](CO)[C@@H](OCc2ccccc2)[C@H](O)[C@@H]1OCc1ccccc1. The summed E-state index contributed by atoms with van der Waals surface area (Å²) in [4.78, 5) is 0. The van der Waals surface area contributed by atoms with Crippen molar-refractivity contribution in [2.75, 3.05) is 13.7 Å². The van der Waals surface area contributed by atoms with Crippen molar-refractivity contribution < 1.29 is 29.2 Å². The Hall–Kier alpha value is -1.80. The highest BCUT2D eigenvalue weighted by Gasteiger charge is 2.46. The fraction of sp³-hybridized carbons (Fsp3) is 0.429. The van der Waals surface area contributed by atoms with Crippen molar-refractivity contribution in [3.05, 3.63) is 71.8 Å². The quantitative estimate of drug-likeness (QED) is 0.735. The van der Waals surface area contributed by atoms with Gasteiger partial charge in [-0.1, -0.05) is 60.7 Å². The molecule has 1 fully saturated rings. The summed E-state index contributed by atoms with van der Waals surface area (Å²) in [6.45, 7) is 0.314. The number of ether oxygens (including phenoxy) is 4. The van der Waals surface area contributed by atoms with E-state index in [1.807, 2.05) is 60.7 Å². The second-order valence-electron chi connectivity index (χ2n) is 6.47. The molecular formula is C21H26O6. The van der Waals surface area contributed by atoms with Gasteiger partial charge in [0.25, 0.3) is 0 Å². The Morgan fingerprint density at radius 3 is 1.85 bits per heavy atom. The summed E-state index contributed by atoms with van der Waals surface area (Å²) in [6, 6.07) is 19.3. The smallest absolute Gasteiger partial charge is 0.186 e. The van der Waals surface area contributed by atoms with Gasteiger partial charge in [-0.05, 0) is 11.1 Å². The molecule has 1 aliphatic heterocycles. The molecule has 27 heavy (non-hydrogen) atoms. The third-order valence-electron chi connectivity index (χ3n) is 4.60. The van der Waals surface area contributed by atoms with Crippen LogP contribution in [0.25, 0.3) is 0 Å². The lowest BCUT2D eigenvalue weighted by Gasteiger charge is -2.43. The minimum Gasteiger partial charge on any atom is -0.394 e.